The smallest absolute Gasteiger partial charge is 0.326 e. The molecule has 0 radical (unpaired) electrons. The van der Waals surface area contributed by atoms with Crippen molar-refractivity contribution in [2.24, 2.45) is 0 Å². The molecular weight excluding hydrogens is 502 g/mol. The summed E-state index contributed by atoms with van der Waals surface area (Å²) >= 11 is 0. The number of carboxylic acid groups (broad SMARTS) is 1. The van der Waals surface area contributed by atoms with Crippen LogP contribution in [0.5, 0.6) is 0 Å². The average molecular weight is 534 g/mol. The number of carboxylic acids is 1. The van der Waals surface area contributed by atoms with Gasteiger partial charge in [0, 0.05) is 37.3 Å². The van der Waals surface area contributed by atoms with E-state index in [0.717, 1.165) is 23.2 Å². The van der Waals surface area contributed by atoms with Gasteiger partial charge in [0.25, 0.3) is 0 Å². The zero-order valence-electron chi connectivity index (χ0n) is 21.8. The van der Waals surface area contributed by atoms with Gasteiger partial charge in [-0.1, -0.05) is 35.5 Å². The fourth-order valence-corrected chi connectivity index (χ4v) is 4.58. The first-order valence-corrected chi connectivity index (χ1v) is 12.7. The number of likely N-dealkylation sites (tertiary alicyclic amines) is 1. The van der Waals surface area contributed by atoms with E-state index in [1.54, 1.807) is 35.2 Å². The predicted octanol–water partition coefficient (Wildman–Crippen LogP) is 3.67. The maximum Gasteiger partial charge on any atom is 0.326 e. The van der Waals surface area contributed by atoms with E-state index in [1.807, 2.05) is 31.2 Å². The largest absolute Gasteiger partial charge is 0.480 e. The molecule has 1 fully saturated rings. The monoisotopic (exact) mass is 533 g/mol. The van der Waals surface area contributed by atoms with Crippen molar-refractivity contribution >= 4 is 35.2 Å². The maximum absolute atomic E-state index is 13.2. The molecule has 0 aliphatic carbocycles. The number of benzene rings is 2. The SMILES string of the molecule is CC(=O)NC(Cc1cc(C2CCCN2C(=O)Cc2ccc(NC(=O)Nc3ccccc3C)cc2)no1)C(=O)O. The molecule has 2 aromatic carbocycles. The second-order valence-electron chi connectivity index (χ2n) is 9.53. The van der Waals surface area contributed by atoms with Gasteiger partial charge in [0.05, 0.1) is 12.5 Å². The number of urea groups is 1. The van der Waals surface area contributed by atoms with Gasteiger partial charge in [0.15, 0.2) is 0 Å². The number of carbonyl (C=O) groups excluding carboxylic acids is 3. The van der Waals surface area contributed by atoms with Gasteiger partial charge in [0.2, 0.25) is 11.8 Å². The van der Waals surface area contributed by atoms with Crippen molar-refractivity contribution < 1.29 is 28.8 Å². The molecule has 2 unspecified atom stereocenters. The van der Waals surface area contributed by atoms with Gasteiger partial charge >= 0.3 is 12.0 Å². The number of hydrogen-bond donors (Lipinski definition) is 4. The van der Waals surface area contributed by atoms with Crippen LogP contribution in [0.4, 0.5) is 16.2 Å². The van der Waals surface area contributed by atoms with Crippen LogP contribution in [-0.2, 0) is 27.2 Å². The van der Waals surface area contributed by atoms with E-state index >= 15 is 0 Å². The summed E-state index contributed by atoms with van der Waals surface area (Å²) in [6, 6.07) is 14.5. The van der Waals surface area contributed by atoms with Crippen LogP contribution >= 0.6 is 0 Å². The van der Waals surface area contributed by atoms with E-state index in [-0.39, 0.29) is 30.8 Å². The molecule has 39 heavy (non-hydrogen) atoms. The number of aromatic nitrogens is 1. The van der Waals surface area contributed by atoms with Crippen LogP contribution in [-0.4, -0.2) is 51.6 Å². The topological polar surface area (TPSA) is 154 Å². The normalized spacial score (nSPS) is 15.4. The summed E-state index contributed by atoms with van der Waals surface area (Å²) in [6.45, 7) is 3.74. The van der Waals surface area contributed by atoms with Crippen LogP contribution in [0.15, 0.2) is 59.1 Å². The van der Waals surface area contributed by atoms with Crippen molar-refractivity contribution in [1.29, 1.82) is 0 Å². The molecule has 2 heterocycles. The molecule has 4 N–H and O–H groups in total. The van der Waals surface area contributed by atoms with E-state index in [4.69, 9.17) is 4.52 Å². The molecule has 0 spiro atoms. The van der Waals surface area contributed by atoms with E-state index in [1.165, 1.54) is 6.92 Å². The second kappa shape index (κ2) is 12.2. The van der Waals surface area contributed by atoms with Crippen LogP contribution in [0.3, 0.4) is 0 Å². The number of hydrogen-bond acceptors (Lipinski definition) is 6. The summed E-state index contributed by atoms with van der Waals surface area (Å²) in [4.78, 5) is 50.0. The molecule has 1 aliphatic rings. The first-order valence-electron chi connectivity index (χ1n) is 12.7. The van der Waals surface area contributed by atoms with Gasteiger partial charge < -0.3 is 30.5 Å². The Morgan fingerprint density at radius 1 is 1.10 bits per heavy atom. The Morgan fingerprint density at radius 3 is 2.54 bits per heavy atom. The van der Waals surface area contributed by atoms with E-state index in [9.17, 15) is 24.3 Å². The summed E-state index contributed by atoms with van der Waals surface area (Å²) in [6.07, 6.45) is 1.65. The third kappa shape index (κ3) is 7.22. The standard InChI is InChI=1S/C28H31N5O6/c1-17-6-3-4-7-22(17)31-28(38)30-20-11-9-19(10-12-20)14-26(35)33-13-5-8-25(33)23-15-21(39-32-23)16-24(27(36)37)29-18(2)34/h3-4,6-7,9-12,15,24-25H,5,8,13-14,16H2,1-2H3,(H,29,34)(H,36,37)(H2,30,31,38). The molecular formula is C28H31N5O6. The van der Waals surface area contributed by atoms with Gasteiger partial charge in [-0.3, -0.25) is 9.59 Å². The quantitative estimate of drug-likeness (QED) is 0.327. The van der Waals surface area contributed by atoms with Crippen molar-refractivity contribution in [3.63, 3.8) is 0 Å². The third-order valence-electron chi connectivity index (χ3n) is 6.53. The molecule has 204 valence electrons. The van der Waals surface area contributed by atoms with Gasteiger partial charge in [-0.15, -0.1) is 0 Å². The maximum atomic E-state index is 13.2. The van der Waals surface area contributed by atoms with Crippen molar-refractivity contribution in [2.75, 3.05) is 17.2 Å². The van der Waals surface area contributed by atoms with Crippen molar-refractivity contribution in [3.8, 4) is 0 Å². The third-order valence-corrected chi connectivity index (χ3v) is 6.53. The highest BCUT2D eigenvalue weighted by molar-refractivity contribution is 6.00. The van der Waals surface area contributed by atoms with Gasteiger partial charge in [-0.05, 0) is 49.1 Å². The van der Waals surface area contributed by atoms with Crippen LogP contribution in [0.1, 0.15) is 48.4 Å². The summed E-state index contributed by atoms with van der Waals surface area (Å²) < 4.78 is 5.33. The molecule has 2 atom stereocenters. The minimum absolute atomic E-state index is 0.0497. The minimum atomic E-state index is -1.17. The summed E-state index contributed by atoms with van der Waals surface area (Å²) in [5, 5.41) is 21.4. The Hall–Kier alpha value is -4.67. The molecule has 11 heteroatoms. The number of aryl methyl sites for hydroxylation is 1. The lowest BCUT2D eigenvalue weighted by molar-refractivity contribution is -0.141. The first-order chi connectivity index (χ1) is 18.7. The van der Waals surface area contributed by atoms with Gasteiger partial charge in [-0.2, -0.15) is 0 Å². The Labute approximate surface area is 225 Å². The Kier molecular flexibility index (Phi) is 8.60. The highest BCUT2D eigenvalue weighted by atomic mass is 16.5. The molecule has 1 saturated heterocycles. The highest BCUT2D eigenvalue weighted by Gasteiger charge is 2.32. The van der Waals surface area contributed by atoms with Crippen molar-refractivity contribution in [2.45, 2.75) is 51.6 Å². The number of aliphatic carboxylic acids is 1. The van der Waals surface area contributed by atoms with Crippen LogP contribution < -0.4 is 16.0 Å². The number of nitrogens with one attached hydrogen (secondary N) is 3. The fraction of sp³-hybridized carbons (Fsp3) is 0.321. The van der Waals surface area contributed by atoms with E-state index in [0.29, 0.717) is 30.1 Å². The minimum Gasteiger partial charge on any atom is -0.480 e. The lowest BCUT2D eigenvalue weighted by Crippen LogP contribution is -2.41. The number of nitrogens with zero attached hydrogens (tertiary/aromatic N) is 2. The lowest BCUT2D eigenvalue weighted by Gasteiger charge is -2.23. The van der Waals surface area contributed by atoms with E-state index < -0.39 is 17.9 Å². The Balaban J connectivity index is 1.33. The number of rotatable bonds is 9. The molecule has 3 aromatic rings. The molecule has 1 aliphatic heterocycles. The molecule has 0 saturated carbocycles. The van der Waals surface area contributed by atoms with Crippen LogP contribution in [0.2, 0.25) is 0 Å². The van der Waals surface area contributed by atoms with Gasteiger partial charge in [-0.25, -0.2) is 9.59 Å². The van der Waals surface area contributed by atoms with E-state index in [2.05, 4.69) is 21.1 Å². The van der Waals surface area contributed by atoms with Crippen LogP contribution in [0, 0.1) is 6.92 Å². The molecule has 1 aromatic heterocycles. The molecule has 4 rings (SSSR count). The molecule has 11 nitrogen and oxygen atoms in total. The summed E-state index contributed by atoms with van der Waals surface area (Å²) in [5.41, 5.74) is 3.65. The number of amides is 4. The Bertz CT molecular complexity index is 1350. The fourth-order valence-electron chi connectivity index (χ4n) is 4.58. The Morgan fingerprint density at radius 2 is 1.85 bits per heavy atom. The summed E-state index contributed by atoms with van der Waals surface area (Å²) in [7, 11) is 0. The van der Waals surface area contributed by atoms with Crippen molar-refractivity contribution in [1.82, 2.24) is 15.4 Å². The average Bonchev–Trinajstić information content (AvgIpc) is 3.56. The zero-order chi connectivity index (χ0) is 27.9. The predicted molar refractivity (Wildman–Crippen MR) is 143 cm³/mol. The zero-order valence-corrected chi connectivity index (χ0v) is 21.8. The number of para-hydroxylation sites is 1. The first kappa shape index (κ1) is 27.4. The highest BCUT2D eigenvalue weighted by Crippen LogP contribution is 2.32. The molecule has 0 bridgehead atoms. The lowest BCUT2D eigenvalue weighted by atomic mass is 10.1. The van der Waals surface area contributed by atoms with Gasteiger partial charge in [0.1, 0.15) is 17.5 Å². The number of carbonyl (C=O) groups is 4. The van der Waals surface area contributed by atoms with Crippen molar-refractivity contribution in [3.05, 3.63) is 77.2 Å². The second-order valence-corrected chi connectivity index (χ2v) is 9.53. The molecule has 4 amide bonds. The number of anilines is 2. The van der Waals surface area contributed by atoms with Crippen LogP contribution in [0.25, 0.3) is 0 Å². The summed E-state index contributed by atoms with van der Waals surface area (Å²) in [5.74, 6) is -1.38.